The largest absolute Gasteiger partial charge is 0.370 e. The lowest BCUT2D eigenvalue weighted by Crippen LogP contribution is -2.39. The Morgan fingerprint density at radius 1 is 1.35 bits per heavy atom. The number of Topliss-reactive ketones (excluding diaryl/α,β-unsaturated/α-hetero) is 1. The smallest absolute Gasteiger partial charge is 0.172 e. The fourth-order valence-corrected chi connectivity index (χ4v) is 3.20. The summed E-state index contributed by atoms with van der Waals surface area (Å²) >= 11 is 0. The van der Waals surface area contributed by atoms with E-state index in [9.17, 15) is 4.79 Å². The first kappa shape index (κ1) is 13.3. The lowest BCUT2D eigenvalue weighted by molar-refractivity contribution is -0.139. The van der Waals surface area contributed by atoms with E-state index < -0.39 is 5.60 Å². The van der Waals surface area contributed by atoms with E-state index in [0.29, 0.717) is 6.42 Å². The van der Waals surface area contributed by atoms with Gasteiger partial charge in [0.15, 0.2) is 5.78 Å². The van der Waals surface area contributed by atoms with E-state index in [1.165, 1.54) is 0 Å². The molecule has 0 bridgehead atoms. The molecule has 106 valence electrons. The van der Waals surface area contributed by atoms with Crippen LogP contribution in [0.5, 0.6) is 0 Å². The molecule has 1 saturated carbocycles. The Morgan fingerprint density at radius 2 is 2.05 bits per heavy atom. The molecule has 1 aromatic carbocycles. The van der Waals surface area contributed by atoms with Crippen molar-refractivity contribution >= 4 is 16.8 Å². The first-order valence-corrected chi connectivity index (χ1v) is 7.15. The van der Waals surface area contributed by atoms with Crippen LogP contribution in [0.15, 0.2) is 24.3 Å². The van der Waals surface area contributed by atoms with Crippen LogP contribution in [-0.2, 0) is 23.0 Å². The minimum absolute atomic E-state index is 0.163. The number of imidazole rings is 1. The number of fused-ring (bicyclic) bond motifs is 1. The highest BCUT2D eigenvalue weighted by Crippen LogP contribution is 2.34. The minimum Gasteiger partial charge on any atom is -0.370 e. The van der Waals surface area contributed by atoms with Gasteiger partial charge in [0.1, 0.15) is 11.4 Å². The summed E-state index contributed by atoms with van der Waals surface area (Å²) in [6.45, 7) is 0. The lowest BCUT2D eigenvalue weighted by Gasteiger charge is -2.25. The molecule has 2 aromatic rings. The predicted molar refractivity (Wildman–Crippen MR) is 77.6 cm³/mol. The van der Waals surface area contributed by atoms with Crippen LogP contribution in [0.4, 0.5) is 0 Å². The van der Waals surface area contributed by atoms with Gasteiger partial charge in [-0.2, -0.15) is 0 Å². The molecule has 4 heteroatoms. The Bertz CT molecular complexity index is 639. The molecule has 0 N–H and O–H groups in total. The highest BCUT2D eigenvalue weighted by atomic mass is 16.5. The van der Waals surface area contributed by atoms with Crippen LogP contribution in [0.3, 0.4) is 0 Å². The fraction of sp³-hybridized carbons (Fsp3) is 0.500. The highest BCUT2D eigenvalue weighted by molar-refractivity contribution is 5.89. The number of para-hydroxylation sites is 2. The maximum atomic E-state index is 12.6. The predicted octanol–water partition coefficient (Wildman–Crippen LogP) is 2.64. The van der Waals surface area contributed by atoms with Crippen molar-refractivity contribution < 1.29 is 9.53 Å². The van der Waals surface area contributed by atoms with Crippen molar-refractivity contribution in [1.29, 1.82) is 0 Å². The van der Waals surface area contributed by atoms with Crippen LogP contribution >= 0.6 is 0 Å². The molecule has 1 fully saturated rings. The molecule has 0 spiro atoms. The summed E-state index contributed by atoms with van der Waals surface area (Å²) in [7, 11) is 3.62. The number of nitrogens with zero attached hydrogens (tertiary/aromatic N) is 2. The van der Waals surface area contributed by atoms with Gasteiger partial charge < -0.3 is 9.30 Å². The number of carbonyl (C=O) groups excluding carboxylic acids is 1. The van der Waals surface area contributed by atoms with Gasteiger partial charge in [0.25, 0.3) is 0 Å². The maximum Gasteiger partial charge on any atom is 0.172 e. The summed E-state index contributed by atoms with van der Waals surface area (Å²) in [5, 5.41) is 0. The molecule has 0 saturated heterocycles. The first-order valence-electron chi connectivity index (χ1n) is 7.15. The number of ketones is 1. The van der Waals surface area contributed by atoms with E-state index in [0.717, 1.165) is 42.5 Å². The van der Waals surface area contributed by atoms with Crippen LogP contribution < -0.4 is 0 Å². The zero-order chi connectivity index (χ0) is 14.2. The topological polar surface area (TPSA) is 44.1 Å². The van der Waals surface area contributed by atoms with Crippen molar-refractivity contribution in [2.24, 2.45) is 7.05 Å². The minimum atomic E-state index is -0.571. The molecular formula is C16H20N2O2. The Morgan fingerprint density at radius 3 is 2.70 bits per heavy atom. The van der Waals surface area contributed by atoms with Gasteiger partial charge in [0.2, 0.25) is 0 Å². The number of methoxy groups -OCH3 is 1. The number of carbonyl (C=O) groups is 1. The Balaban J connectivity index is 1.89. The second kappa shape index (κ2) is 5.02. The summed E-state index contributed by atoms with van der Waals surface area (Å²) in [6, 6.07) is 7.96. The summed E-state index contributed by atoms with van der Waals surface area (Å²) < 4.78 is 7.57. The van der Waals surface area contributed by atoms with Crippen LogP contribution in [0.1, 0.15) is 31.5 Å². The monoisotopic (exact) mass is 272 g/mol. The molecule has 4 nitrogen and oxygen atoms in total. The number of ether oxygens (including phenoxy) is 1. The molecule has 1 heterocycles. The zero-order valence-electron chi connectivity index (χ0n) is 12.1. The second-order valence-electron chi connectivity index (χ2n) is 5.58. The van der Waals surface area contributed by atoms with Gasteiger partial charge in [0, 0.05) is 14.2 Å². The zero-order valence-corrected chi connectivity index (χ0v) is 12.1. The SMILES string of the molecule is COC1(C(=O)Cc2nc3ccccc3n2C)CCCC1. The van der Waals surface area contributed by atoms with E-state index in [1.807, 2.05) is 35.9 Å². The van der Waals surface area contributed by atoms with Gasteiger partial charge in [-0.25, -0.2) is 4.98 Å². The summed E-state index contributed by atoms with van der Waals surface area (Å²) in [5.74, 6) is 0.982. The third kappa shape index (κ3) is 2.04. The Labute approximate surface area is 118 Å². The molecule has 20 heavy (non-hydrogen) atoms. The van der Waals surface area contributed by atoms with Crippen LogP contribution in [0, 0.1) is 0 Å². The molecule has 1 aliphatic carbocycles. The van der Waals surface area contributed by atoms with Gasteiger partial charge in [-0.1, -0.05) is 12.1 Å². The van der Waals surface area contributed by atoms with Crippen molar-refractivity contribution in [3.63, 3.8) is 0 Å². The Kier molecular flexibility index (Phi) is 3.34. The molecule has 1 aliphatic rings. The quantitative estimate of drug-likeness (QED) is 0.859. The maximum absolute atomic E-state index is 12.6. The van der Waals surface area contributed by atoms with E-state index in [4.69, 9.17) is 4.74 Å². The van der Waals surface area contributed by atoms with Crippen LogP contribution in [0.25, 0.3) is 11.0 Å². The van der Waals surface area contributed by atoms with E-state index in [2.05, 4.69) is 4.98 Å². The third-order valence-corrected chi connectivity index (χ3v) is 4.51. The number of hydrogen-bond acceptors (Lipinski definition) is 3. The fourth-order valence-electron chi connectivity index (χ4n) is 3.20. The molecule has 0 radical (unpaired) electrons. The van der Waals surface area contributed by atoms with E-state index in [-0.39, 0.29) is 5.78 Å². The molecular weight excluding hydrogens is 252 g/mol. The van der Waals surface area contributed by atoms with Gasteiger partial charge >= 0.3 is 0 Å². The number of hydrogen-bond donors (Lipinski definition) is 0. The summed E-state index contributed by atoms with van der Waals surface area (Å²) in [4.78, 5) is 17.2. The van der Waals surface area contributed by atoms with Gasteiger partial charge in [-0.05, 0) is 37.8 Å². The van der Waals surface area contributed by atoms with Crippen molar-refractivity contribution in [3.05, 3.63) is 30.1 Å². The van der Waals surface area contributed by atoms with E-state index >= 15 is 0 Å². The average molecular weight is 272 g/mol. The van der Waals surface area contributed by atoms with Crippen molar-refractivity contribution in [2.45, 2.75) is 37.7 Å². The van der Waals surface area contributed by atoms with Crippen molar-refractivity contribution in [3.8, 4) is 0 Å². The van der Waals surface area contributed by atoms with Gasteiger partial charge in [-0.15, -0.1) is 0 Å². The molecule has 1 aromatic heterocycles. The van der Waals surface area contributed by atoms with Crippen LogP contribution in [0.2, 0.25) is 0 Å². The summed E-state index contributed by atoms with van der Waals surface area (Å²) in [6.07, 6.45) is 4.17. The van der Waals surface area contributed by atoms with Crippen molar-refractivity contribution in [2.75, 3.05) is 7.11 Å². The standard InChI is InChI=1S/C16H20N2O2/c1-18-13-8-4-3-7-12(13)17-15(18)11-14(19)16(20-2)9-5-6-10-16/h3-4,7-8H,5-6,9-11H2,1-2H3. The van der Waals surface area contributed by atoms with Gasteiger partial charge in [-0.3, -0.25) is 4.79 Å². The number of rotatable bonds is 4. The lowest BCUT2D eigenvalue weighted by atomic mass is 9.94. The molecule has 0 unspecified atom stereocenters. The molecule has 0 aliphatic heterocycles. The number of aromatic nitrogens is 2. The molecule has 3 rings (SSSR count). The number of benzene rings is 1. The third-order valence-electron chi connectivity index (χ3n) is 4.51. The first-order chi connectivity index (χ1) is 9.66. The Hall–Kier alpha value is -1.68. The number of aryl methyl sites for hydroxylation is 1. The average Bonchev–Trinajstić information content (AvgIpc) is 3.06. The molecule has 0 amide bonds. The van der Waals surface area contributed by atoms with E-state index in [1.54, 1.807) is 7.11 Å². The second-order valence-corrected chi connectivity index (χ2v) is 5.58. The van der Waals surface area contributed by atoms with Crippen molar-refractivity contribution in [1.82, 2.24) is 9.55 Å². The highest BCUT2D eigenvalue weighted by Gasteiger charge is 2.41. The molecule has 0 atom stereocenters. The van der Waals surface area contributed by atoms with Gasteiger partial charge in [0.05, 0.1) is 17.5 Å². The normalized spacial score (nSPS) is 17.7. The summed E-state index contributed by atoms with van der Waals surface area (Å²) in [5.41, 5.74) is 1.43. The van der Waals surface area contributed by atoms with Crippen LogP contribution in [-0.4, -0.2) is 28.0 Å².